The fourth-order valence-corrected chi connectivity index (χ4v) is 1.82. The van der Waals surface area contributed by atoms with Gasteiger partial charge in [0.1, 0.15) is 0 Å². The smallest absolute Gasteiger partial charge is 0.0804 e. The second-order valence-corrected chi connectivity index (χ2v) is 3.20. The summed E-state index contributed by atoms with van der Waals surface area (Å²) >= 11 is 0. The van der Waals surface area contributed by atoms with Crippen LogP contribution in [0.5, 0.6) is 0 Å². The van der Waals surface area contributed by atoms with Gasteiger partial charge in [0.2, 0.25) is 0 Å². The zero-order valence-electron chi connectivity index (χ0n) is 7.57. The molecule has 72 valence electrons. The number of fused-ring (bicyclic) bond motifs is 1. The molecule has 2 atom stereocenters. The van der Waals surface area contributed by atoms with Gasteiger partial charge in [-0.15, -0.1) is 12.4 Å². The Morgan fingerprint density at radius 1 is 1.38 bits per heavy atom. The molecule has 1 aliphatic carbocycles. The monoisotopic (exact) mass is 199 g/mol. The maximum absolute atomic E-state index is 5.98. The van der Waals surface area contributed by atoms with E-state index < -0.39 is 0 Å². The van der Waals surface area contributed by atoms with Crippen LogP contribution < -0.4 is 5.73 Å². The third-order valence-electron chi connectivity index (χ3n) is 2.54. The Labute approximate surface area is 84.5 Å². The first-order chi connectivity index (χ1) is 5.83. The van der Waals surface area contributed by atoms with Gasteiger partial charge in [0.05, 0.1) is 12.1 Å². The Morgan fingerprint density at radius 2 is 2.08 bits per heavy atom. The van der Waals surface area contributed by atoms with Crippen LogP contribution in [0.4, 0.5) is 0 Å². The van der Waals surface area contributed by atoms with Crippen LogP contribution in [-0.2, 0) is 11.2 Å². The quantitative estimate of drug-likeness (QED) is 0.747. The van der Waals surface area contributed by atoms with E-state index in [1.54, 1.807) is 7.11 Å². The van der Waals surface area contributed by atoms with Gasteiger partial charge in [0.25, 0.3) is 0 Å². The number of nitrogens with two attached hydrogens (primary N) is 1. The second kappa shape index (κ2) is 4.09. The lowest BCUT2D eigenvalue weighted by Gasteiger charge is -2.13. The van der Waals surface area contributed by atoms with Gasteiger partial charge in [-0.1, -0.05) is 24.3 Å². The number of benzene rings is 1. The maximum atomic E-state index is 5.98. The van der Waals surface area contributed by atoms with Gasteiger partial charge >= 0.3 is 0 Å². The van der Waals surface area contributed by atoms with Crippen molar-refractivity contribution in [2.24, 2.45) is 5.73 Å². The van der Waals surface area contributed by atoms with E-state index in [1.165, 1.54) is 11.1 Å². The predicted molar refractivity (Wildman–Crippen MR) is 55.1 cm³/mol. The third-order valence-corrected chi connectivity index (χ3v) is 2.54. The van der Waals surface area contributed by atoms with Crippen molar-refractivity contribution in [3.63, 3.8) is 0 Å². The van der Waals surface area contributed by atoms with Gasteiger partial charge in [0.15, 0.2) is 0 Å². The summed E-state index contributed by atoms with van der Waals surface area (Å²) in [7, 11) is 1.72. The lowest BCUT2D eigenvalue weighted by molar-refractivity contribution is 0.0907. The second-order valence-electron chi connectivity index (χ2n) is 3.20. The van der Waals surface area contributed by atoms with Gasteiger partial charge in [-0.2, -0.15) is 0 Å². The molecule has 0 heterocycles. The minimum Gasteiger partial charge on any atom is -0.379 e. The van der Waals surface area contributed by atoms with Gasteiger partial charge in [-0.25, -0.2) is 0 Å². The Hall–Kier alpha value is -0.570. The first kappa shape index (κ1) is 10.5. The normalized spacial score (nSPS) is 25.1. The van der Waals surface area contributed by atoms with E-state index in [2.05, 4.69) is 12.1 Å². The van der Waals surface area contributed by atoms with Crippen LogP contribution in [-0.4, -0.2) is 13.2 Å². The fourth-order valence-electron chi connectivity index (χ4n) is 1.82. The molecule has 0 spiro atoms. The number of halogens is 1. The SMILES string of the molecule is CO[C@@H]1Cc2ccccc2[C@@H]1N.Cl. The van der Waals surface area contributed by atoms with E-state index in [4.69, 9.17) is 10.5 Å². The highest BCUT2D eigenvalue weighted by atomic mass is 35.5. The molecule has 1 aromatic carbocycles. The molecule has 0 aromatic heterocycles. The number of ether oxygens (including phenoxy) is 1. The first-order valence-corrected chi connectivity index (χ1v) is 4.19. The van der Waals surface area contributed by atoms with Crippen molar-refractivity contribution in [2.45, 2.75) is 18.6 Å². The predicted octanol–water partition coefficient (Wildman–Crippen LogP) is 1.68. The number of rotatable bonds is 1. The highest BCUT2D eigenvalue weighted by Crippen LogP contribution is 2.30. The van der Waals surface area contributed by atoms with E-state index >= 15 is 0 Å². The molecular formula is C10H14ClNO. The zero-order valence-corrected chi connectivity index (χ0v) is 8.38. The lowest BCUT2D eigenvalue weighted by Crippen LogP contribution is -2.23. The number of hydrogen-bond donors (Lipinski definition) is 1. The zero-order chi connectivity index (χ0) is 8.55. The van der Waals surface area contributed by atoms with Crippen molar-refractivity contribution in [1.82, 2.24) is 0 Å². The lowest BCUT2D eigenvalue weighted by atomic mass is 10.1. The highest BCUT2D eigenvalue weighted by Gasteiger charge is 2.28. The number of methoxy groups -OCH3 is 1. The van der Waals surface area contributed by atoms with Gasteiger partial charge in [-0.3, -0.25) is 0 Å². The van der Waals surface area contributed by atoms with E-state index in [-0.39, 0.29) is 24.6 Å². The van der Waals surface area contributed by atoms with E-state index in [0.717, 1.165) is 6.42 Å². The van der Waals surface area contributed by atoms with Crippen molar-refractivity contribution in [1.29, 1.82) is 0 Å². The van der Waals surface area contributed by atoms with Crippen LogP contribution >= 0.6 is 12.4 Å². The van der Waals surface area contributed by atoms with Crippen LogP contribution in [0, 0.1) is 0 Å². The molecule has 0 saturated carbocycles. The summed E-state index contributed by atoms with van der Waals surface area (Å²) in [6, 6.07) is 8.33. The van der Waals surface area contributed by atoms with E-state index in [1.807, 2.05) is 12.1 Å². The topological polar surface area (TPSA) is 35.2 Å². The molecule has 0 amide bonds. The van der Waals surface area contributed by atoms with Crippen molar-refractivity contribution in [3.05, 3.63) is 35.4 Å². The molecule has 0 saturated heterocycles. The Kier molecular flexibility index (Phi) is 3.31. The average Bonchev–Trinajstić information content (AvgIpc) is 2.44. The van der Waals surface area contributed by atoms with E-state index in [9.17, 15) is 0 Å². The summed E-state index contributed by atoms with van der Waals surface area (Å²) in [5.41, 5.74) is 8.55. The standard InChI is InChI=1S/C10H13NO.ClH/c1-12-9-6-7-4-2-3-5-8(7)10(9)11;/h2-5,9-10H,6,11H2,1H3;1H/t9-,10+;/m1./s1. The van der Waals surface area contributed by atoms with Crippen molar-refractivity contribution in [2.75, 3.05) is 7.11 Å². The van der Waals surface area contributed by atoms with Gasteiger partial charge in [-0.05, 0) is 11.1 Å². The molecule has 2 N–H and O–H groups in total. The average molecular weight is 200 g/mol. The summed E-state index contributed by atoms with van der Waals surface area (Å²) in [4.78, 5) is 0. The summed E-state index contributed by atoms with van der Waals surface area (Å²) in [6.07, 6.45) is 1.12. The summed E-state index contributed by atoms with van der Waals surface area (Å²) in [5.74, 6) is 0. The third kappa shape index (κ3) is 1.70. The molecule has 0 unspecified atom stereocenters. The number of hydrogen-bond acceptors (Lipinski definition) is 2. The molecule has 2 nitrogen and oxygen atoms in total. The first-order valence-electron chi connectivity index (χ1n) is 4.19. The molecular weight excluding hydrogens is 186 g/mol. The van der Waals surface area contributed by atoms with E-state index in [0.29, 0.717) is 0 Å². The molecule has 13 heavy (non-hydrogen) atoms. The minimum atomic E-state index is 0. The van der Waals surface area contributed by atoms with Crippen LogP contribution in [0.3, 0.4) is 0 Å². The van der Waals surface area contributed by atoms with Crippen molar-refractivity contribution >= 4 is 12.4 Å². The molecule has 1 aromatic rings. The largest absolute Gasteiger partial charge is 0.379 e. The van der Waals surface area contributed by atoms with Gasteiger partial charge in [0, 0.05) is 13.5 Å². The molecule has 0 fully saturated rings. The van der Waals surface area contributed by atoms with Crippen LogP contribution in [0.2, 0.25) is 0 Å². The van der Waals surface area contributed by atoms with Crippen LogP contribution in [0.15, 0.2) is 24.3 Å². The molecule has 3 heteroatoms. The van der Waals surface area contributed by atoms with Gasteiger partial charge < -0.3 is 10.5 Å². The fraction of sp³-hybridized carbons (Fsp3) is 0.400. The molecule has 2 rings (SSSR count). The minimum absolute atomic E-state index is 0. The van der Waals surface area contributed by atoms with Crippen LogP contribution in [0.1, 0.15) is 17.2 Å². The molecule has 1 aliphatic rings. The Balaban J connectivity index is 0.000000845. The summed E-state index contributed by atoms with van der Waals surface area (Å²) in [6.45, 7) is 0. The van der Waals surface area contributed by atoms with Crippen LogP contribution in [0.25, 0.3) is 0 Å². The molecule has 0 bridgehead atoms. The van der Waals surface area contributed by atoms with Crippen molar-refractivity contribution < 1.29 is 4.74 Å². The maximum Gasteiger partial charge on any atom is 0.0804 e. The Morgan fingerprint density at radius 3 is 2.69 bits per heavy atom. The highest BCUT2D eigenvalue weighted by molar-refractivity contribution is 5.85. The van der Waals surface area contributed by atoms with Crippen molar-refractivity contribution in [3.8, 4) is 0 Å². The molecule has 0 aliphatic heterocycles. The Bertz CT molecular complexity index is 290. The summed E-state index contributed by atoms with van der Waals surface area (Å²) in [5, 5.41) is 0. The molecule has 0 radical (unpaired) electrons. The summed E-state index contributed by atoms with van der Waals surface area (Å²) < 4.78 is 5.28.